The van der Waals surface area contributed by atoms with Gasteiger partial charge in [0.1, 0.15) is 11.2 Å². The van der Waals surface area contributed by atoms with Gasteiger partial charge in [-0.15, -0.1) is 0 Å². The second-order valence-corrected chi connectivity index (χ2v) is 7.65. The van der Waals surface area contributed by atoms with Gasteiger partial charge in [-0.3, -0.25) is 4.79 Å². The van der Waals surface area contributed by atoms with Crippen LogP contribution in [0.15, 0.2) is 0 Å². The molecule has 3 aliphatic heterocycles. The zero-order valence-corrected chi connectivity index (χ0v) is 13.2. The summed E-state index contributed by atoms with van der Waals surface area (Å²) in [5, 5.41) is 0. The Kier molecular flexibility index (Phi) is 3.09. The molecular formula is C15H21BrO4. The highest BCUT2D eigenvalue weighted by Crippen LogP contribution is 2.60. The third-order valence-electron chi connectivity index (χ3n) is 5.73. The lowest BCUT2D eigenvalue weighted by molar-refractivity contribution is -0.260. The van der Waals surface area contributed by atoms with Gasteiger partial charge in [0.15, 0.2) is 11.4 Å². The predicted octanol–water partition coefficient (Wildman–Crippen LogP) is 2.37. The summed E-state index contributed by atoms with van der Waals surface area (Å²) in [7, 11) is 0. The summed E-state index contributed by atoms with van der Waals surface area (Å²) in [5.41, 5.74) is -1.66. The minimum atomic E-state index is -0.778. The lowest BCUT2D eigenvalue weighted by atomic mass is 9.59. The number of fused-ring (bicyclic) bond motifs is 2. The number of carbonyl (C=O) groups excluding carboxylic acids is 1. The second kappa shape index (κ2) is 4.51. The number of ether oxygens (including phenoxy) is 3. The summed E-state index contributed by atoms with van der Waals surface area (Å²) >= 11 is 3.59. The van der Waals surface area contributed by atoms with Gasteiger partial charge in [-0.05, 0) is 44.9 Å². The van der Waals surface area contributed by atoms with E-state index in [0.717, 1.165) is 58.2 Å². The van der Waals surface area contributed by atoms with Crippen molar-refractivity contribution in [3.63, 3.8) is 0 Å². The quantitative estimate of drug-likeness (QED) is 0.633. The van der Waals surface area contributed by atoms with Crippen molar-refractivity contribution < 1.29 is 19.0 Å². The van der Waals surface area contributed by atoms with Crippen LogP contribution in [0.4, 0.5) is 0 Å². The van der Waals surface area contributed by atoms with Crippen LogP contribution >= 0.6 is 15.9 Å². The Hall–Kier alpha value is 0.0300. The topological polar surface area (TPSA) is 44.8 Å². The molecule has 0 amide bonds. The summed E-state index contributed by atoms with van der Waals surface area (Å²) in [6.07, 6.45) is 6.35. The Morgan fingerprint density at radius 1 is 0.950 bits per heavy atom. The summed E-state index contributed by atoms with van der Waals surface area (Å²) < 4.78 is 18.6. The highest BCUT2D eigenvalue weighted by molar-refractivity contribution is 9.10. The molecule has 3 heterocycles. The molecule has 20 heavy (non-hydrogen) atoms. The first kappa shape index (κ1) is 13.7. The van der Waals surface area contributed by atoms with E-state index in [1.54, 1.807) is 0 Å². The summed E-state index contributed by atoms with van der Waals surface area (Å²) in [6.45, 7) is 2.15. The van der Waals surface area contributed by atoms with Crippen molar-refractivity contribution >= 4 is 21.7 Å². The summed E-state index contributed by atoms with van der Waals surface area (Å²) in [4.78, 5) is 12.8. The van der Waals surface area contributed by atoms with E-state index in [4.69, 9.17) is 14.2 Å². The van der Waals surface area contributed by atoms with Crippen LogP contribution in [0.5, 0.6) is 0 Å². The minimum Gasteiger partial charge on any atom is -0.372 e. The maximum atomic E-state index is 12.9. The van der Waals surface area contributed by atoms with Crippen molar-refractivity contribution in [3.05, 3.63) is 0 Å². The lowest BCUT2D eigenvalue weighted by Gasteiger charge is -2.57. The van der Waals surface area contributed by atoms with Crippen molar-refractivity contribution in [2.75, 3.05) is 19.8 Å². The average Bonchev–Trinajstić information content (AvgIpc) is 3.17. The monoisotopic (exact) mass is 344 g/mol. The largest absolute Gasteiger partial charge is 0.372 e. The molecule has 1 aliphatic carbocycles. The average molecular weight is 345 g/mol. The molecule has 112 valence electrons. The number of rotatable bonds is 0. The van der Waals surface area contributed by atoms with E-state index in [1.165, 1.54) is 0 Å². The van der Waals surface area contributed by atoms with E-state index in [0.29, 0.717) is 6.61 Å². The molecule has 0 aromatic heterocycles. The van der Waals surface area contributed by atoms with Gasteiger partial charge in [-0.1, -0.05) is 15.9 Å². The first-order valence-corrected chi connectivity index (χ1v) is 8.68. The van der Waals surface area contributed by atoms with Gasteiger partial charge >= 0.3 is 0 Å². The number of ketones is 1. The number of carbonyl (C=O) groups is 1. The Balaban J connectivity index is 1.87. The van der Waals surface area contributed by atoms with Crippen LogP contribution in [0.3, 0.4) is 0 Å². The molecule has 4 rings (SSSR count). The Bertz CT molecular complexity index is 418. The molecule has 0 aromatic rings. The number of halogens is 1. The van der Waals surface area contributed by atoms with Gasteiger partial charge in [-0.2, -0.15) is 0 Å². The second-order valence-electron chi connectivity index (χ2n) is 6.54. The van der Waals surface area contributed by atoms with Gasteiger partial charge in [-0.25, -0.2) is 0 Å². The normalized spacial score (nSPS) is 51.9. The van der Waals surface area contributed by atoms with E-state index in [1.807, 2.05) is 0 Å². The van der Waals surface area contributed by atoms with E-state index in [2.05, 4.69) is 15.9 Å². The fraction of sp³-hybridized carbons (Fsp3) is 0.933. The first-order valence-electron chi connectivity index (χ1n) is 7.76. The molecule has 4 nitrogen and oxygen atoms in total. The summed E-state index contributed by atoms with van der Waals surface area (Å²) in [5.74, 6) is 0.179. The molecule has 4 aliphatic rings. The van der Waals surface area contributed by atoms with Crippen molar-refractivity contribution in [1.82, 2.24) is 0 Å². The van der Waals surface area contributed by atoms with Gasteiger partial charge in [0.2, 0.25) is 0 Å². The van der Waals surface area contributed by atoms with Crippen LogP contribution in [0, 0.1) is 0 Å². The molecule has 0 radical (unpaired) electrons. The van der Waals surface area contributed by atoms with Crippen molar-refractivity contribution in [3.8, 4) is 0 Å². The van der Waals surface area contributed by atoms with Crippen molar-refractivity contribution in [2.45, 2.75) is 66.6 Å². The Morgan fingerprint density at radius 3 is 2.25 bits per heavy atom. The SMILES string of the molecule is O=C1[C@H](Br)C[C@]2(CCCO2)[C@]2(CCCO2)[C@@]12CCCO2. The van der Waals surface area contributed by atoms with Crippen LogP contribution < -0.4 is 0 Å². The highest BCUT2D eigenvalue weighted by Gasteiger charge is 2.74. The molecule has 0 unspecified atom stereocenters. The van der Waals surface area contributed by atoms with E-state index < -0.39 is 11.2 Å². The molecular weight excluding hydrogens is 324 g/mol. The van der Waals surface area contributed by atoms with Crippen LogP contribution in [-0.4, -0.2) is 47.2 Å². The van der Waals surface area contributed by atoms with Gasteiger partial charge in [0, 0.05) is 19.8 Å². The van der Waals surface area contributed by atoms with Crippen LogP contribution in [0.25, 0.3) is 0 Å². The number of hydrogen-bond acceptors (Lipinski definition) is 4. The Morgan fingerprint density at radius 2 is 1.65 bits per heavy atom. The predicted molar refractivity (Wildman–Crippen MR) is 76.1 cm³/mol. The molecule has 4 atom stereocenters. The molecule has 3 spiro atoms. The van der Waals surface area contributed by atoms with Crippen LogP contribution in [0.1, 0.15) is 44.9 Å². The number of Topliss-reactive ketones (excluding diaryl/α,β-unsaturated/α-hetero) is 1. The molecule has 0 bridgehead atoms. The van der Waals surface area contributed by atoms with Crippen LogP contribution in [0.2, 0.25) is 0 Å². The fourth-order valence-electron chi connectivity index (χ4n) is 5.01. The Labute approximate surface area is 127 Å². The number of alkyl halides is 1. The summed E-state index contributed by atoms with van der Waals surface area (Å²) in [6, 6.07) is 0. The maximum Gasteiger partial charge on any atom is 0.181 e. The molecule has 0 aromatic carbocycles. The molecule has 4 fully saturated rings. The van der Waals surface area contributed by atoms with Crippen molar-refractivity contribution in [1.29, 1.82) is 0 Å². The smallest absolute Gasteiger partial charge is 0.181 e. The van der Waals surface area contributed by atoms with Crippen molar-refractivity contribution in [2.24, 2.45) is 0 Å². The van der Waals surface area contributed by atoms with E-state index >= 15 is 0 Å². The van der Waals surface area contributed by atoms with Gasteiger partial charge in [0.25, 0.3) is 0 Å². The van der Waals surface area contributed by atoms with Gasteiger partial charge in [0.05, 0.1) is 4.83 Å². The molecule has 0 N–H and O–H groups in total. The first-order chi connectivity index (χ1) is 9.66. The molecule has 3 saturated heterocycles. The zero-order valence-electron chi connectivity index (χ0n) is 11.7. The highest BCUT2D eigenvalue weighted by atomic mass is 79.9. The zero-order chi connectivity index (χ0) is 13.8. The minimum absolute atomic E-state index is 0.173. The van der Waals surface area contributed by atoms with Gasteiger partial charge < -0.3 is 14.2 Å². The number of hydrogen-bond donors (Lipinski definition) is 0. The lowest BCUT2D eigenvalue weighted by Crippen LogP contribution is -2.75. The van der Waals surface area contributed by atoms with E-state index in [9.17, 15) is 4.79 Å². The molecule has 5 heteroatoms. The molecule has 1 saturated carbocycles. The van der Waals surface area contributed by atoms with Crippen LogP contribution in [-0.2, 0) is 19.0 Å². The third-order valence-corrected chi connectivity index (χ3v) is 6.47. The van der Waals surface area contributed by atoms with E-state index in [-0.39, 0.29) is 16.2 Å². The maximum absolute atomic E-state index is 12.9. The third kappa shape index (κ3) is 1.45. The standard InChI is InChI=1S/C15H21BrO4/c16-11-10-13(4-1-7-18-13)15(6-3-9-20-15)14(12(11)17)5-2-8-19-14/h11H,1-10H2/t11-,13-,14-,15-/m1/s1. The fourth-order valence-corrected chi connectivity index (χ4v) is 5.91.